The van der Waals surface area contributed by atoms with E-state index >= 15 is 0 Å². The van der Waals surface area contributed by atoms with Crippen LogP contribution in [0, 0.1) is 13.8 Å². The van der Waals surface area contributed by atoms with Gasteiger partial charge >= 0.3 is 0 Å². The minimum Gasteiger partial charge on any atom is -0.483 e. The van der Waals surface area contributed by atoms with Crippen molar-refractivity contribution in [1.29, 1.82) is 0 Å². The minimum absolute atomic E-state index is 0.123. The molecule has 1 atom stereocenters. The van der Waals surface area contributed by atoms with E-state index < -0.39 is 6.04 Å². The van der Waals surface area contributed by atoms with Gasteiger partial charge in [-0.3, -0.25) is 9.59 Å². The molecule has 0 bridgehead atoms. The third kappa shape index (κ3) is 8.23. The van der Waals surface area contributed by atoms with Crippen LogP contribution >= 0.6 is 23.2 Å². The number of nitrogens with zero attached hydrogens (tertiary/aromatic N) is 1. The van der Waals surface area contributed by atoms with Crippen molar-refractivity contribution in [3.05, 3.63) is 99.0 Å². The van der Waals surface area contributed by atoms with Crippen LogP contribution in [-0.4, -0.2) is 35.4 Å². The number of ether oxygens (including phenoxy) is 1. The van der Waals surface area contributed by atoms with E-state index in [0.717, 1.165) is 47.9 Å². The zero-order valence-corrected chi connectivity index (χ0v) is 24.1. The Morgan fingerprint density at radius 2 is 1.67 bits per heavy atom. The van der Waals surface area contributed by atoms with E-state index in [4.69, 9.17) is 27.9 Å². The largest absolute Gasteiger partial charge is 0.483 e. The Bertz CT molecular complexity index is 1280. The van der Waals surface area contributed by atoms with E-state index in [9.17, 15) is 9.59 Å². The molecule has 1 N–H and O–H groups in total. The Kier molecular flexibility index (Phi) is 10.3. The number of carbonyl (C=O) groups excluding carboxylic acids is 2. The van der Waals surface area contributed by atoms with Crippen molar-refractivity contribution in [2.45, 2.75) is 71.0 Å². The van der Waals surface area contributed by atoms with Gasteiger partial charge in [-0.05, 0) is 61.6 Å². The summed E-state index contributed by atoms with van der Waals surface area (Å²) in [6.07, 6.45) is 5.70. The van der Waals surface area contributed by atoms with Crippen LogP contribution in [0.1, 0.15) is 54.4 Å². The summed E-state index contributed by atoms with van der Waals surface area (Å²) in [5.41, 5.74) is 3.83. The second-order valence-corrected chi connectivity index (χ2v) is 11.2. The first-order valence-electron chi connectivity index (χ1n) is 13.6. The summed E-state index contributed by atoms with van der Waals surface area (Å²) in [7, 11) is 0. The van der Waals surface area contributed by atoms with E-state index in [0.29, 0.717) is 22.2 Å². The predicted molar refractivity (Wildman–Crippen MR) is 157 cm³/mol. The highest BCUT2D eigenvalue weighted by atomic mass is 35.5. The number of carbonyl (C=O) groups is 2. The minimum atomic E-state index is -0.723. The molecular formula is C32H36Cl2N2O3. The van der Waals surface area contributed by atoms with Gasteiger partial charge in [0.05, 0.1) is 10.0 Å². The molecular weight excluding hydrogens is 531 g/mol. The van der Waals surface area contributed by atoms with Crippen LogP contribution in [0.2, 0.25) is 10.0 Å². The zero-order chi connectivity index (χ0) is 27.8. The molecule has 0 aliphatic heterocycles. The second-order valence-electron chi connectivity index (χ2n) is 10.4. The summed E-state index contributed by atoms with van der Waals surface area (Å²) in [5, 5.41) is 4.09. The average Bonchev–Trinajstić information content (AvgIpc) is 2.93. The van der Waals surface area contributed by atoms with E-state index in [2.05, 4.69) is 5.32 Å². The SMILES string of the molecule is Cc1ccc(OCC(=O)N(Cc2ccc(Cl)c(Cl)c2)[C@@H](Cc2ccccc2)C(=O)NC2CCCCC2)c(C)c1. The van der Waals surface area contributed by atoms with E-state index in [1.807, 2.05) is 68.4 Å². The van der Waals surface area contributed by atoms with Crippen LogP contribution in [0.5, 0.6) is 5.75 Å². The standard InChI is InChI=1S/C32H36Cl2N2O3/c1-22-13-16-30(23(2)17-22)39-21-31(37)36(20-25-14-15-27(33)28(34)18-25)29(19-24-9-5-3-6-10-24)32(38)35-26-11-7-4-8-12-26/h3,5-6,9-10,13-18,26,29H,4,7-8,11-12,19-21H2,1-2H3,(H,35,38)/t29-/m0/s1. The molecule has 0 radical (unpaired) electrons. The lowest BCUT2D eigenvalue weighted by Crippen LogP contribution is -2.53. The van der Waals surface area contributed by atoms with Crippen molar-refractivity contribution in [3.63, 3.8) is 0 Å². The van der Waals surface area contributed by atoms with Crippen molar-refractivity contribution in [2.75, 3.05) is 6.61 Å². The van der Waals surface area contributed by atoms with Crippen molar-refractivity contribution in [3.8, 4) is 5.75 Å². The van der Waals surface area contributed by atoms with Gasteiger partial charge in [0.15, 0.2) is 6.61 Å². The summed E-state index contributed by atoms with van der Waals surface area (Å²) >= 11 is 12.5. The Labute approximate surface area is 241 Å². The molecule has 0 unspecified atom stereocenters. The topological polar surface area (TPSA) is 58.6 Å². The van der Waals surface area contributed by atoms with Crippen LogP contribution in [-0.2, 0) is 22.6 Å². The molecule has 4 rings (SSSR count). The van der Waals surface area contributed by atoms with Crippen LogP contribution in [0.15, 0.2) is 66.7 Å². The number of benzene rings is 3. The van der Waals surface area contributed by atoms with Crippen LogP contribution in [0.4, 0.5) is 0 Å². The normalized spacial score (nSPS) is 14.5. The number of aryl methyl sites for hydroxylation is 2. The van der Waals surface area contributed by atoms with Crippen LogP contribution in [0.25, 0.3) is 0 Å². The molecule has 3 aromatic rings. The maximum Gasteiger partial charge on any atom is 0.261 e. The lowest BCUT2D eigenvalue weighted by molar-refractivity contribution is -0.143. The van der Waals surface area contributed by atoms with Gasteiger partial charge in [-0.2, -0.15) is 0 Å². The molecule has 0 saturated heterocycles. The lowest BCUT2D eigenvalue weighted by Gasteiger charge is -2.33. The van der Waals surface area contributed by atoms with Gasteiger partial charge in [0.25, 0.3) is 5.91 Å². The summed E-state index contributed by atoms with van der Waals surface area (Å²) < 4.78 is 5.98. The number of hydrogen-bond donors (Lipinski definition) is 1. The van der Waals surface area contributed by atoms with Crippen molar-refractivity contribution in [1.82, 2.24) is 10.2 Å². The van der Waals surface area contributed by atoms with E-state index in [1.54, 1.807) is 17.0 Å². The van der Waals surface area contributed by atoms with Gasteiger partial charge in [0, 0.05) is 19.0 Å². The summed E-state index contributed by atoms with van der Waals surface area (Å²) in [6, 6.07) is 20.3. The predicted octanol–water partition coefficient (Wildman–Crippen LogP) is 7.08. The molecule has 1 aliphatic rings. The molecule has 2 amide bonds. The zero-order valence-electron chi connectivity index (χ0n) is 22.6. The van der Waals surface area contributed by atoms with Gasteiger partial charge in [0.1, 0.15) is 11.8 Å². The molecule has 0 spiro atoms. The van der Waals surface area contributed by atoms with Gasteiger partial charge in [-0.25, -0.2) is 0 Å². The molecule has 1 saturated carbocycles. The number of nitrogens with one attached hydrogen (secondary N) is 1. The Morgan fingerprint density at radius 3 is 2.36 bits per heavy atom. The first kappa shape index (κ1) is 29.0. The summed E-state index contributed by atoms with van der Waals surface area (Å²) in [5.74, 6) is 0.223. The second kappa shape index (κ2) is 13.9. The molecule has 3 aromatic carbocycles. The smallest absolute Gasteiger partial charge is 0.261 e. The third-order valence-corrected chi connectivity index (χ3v) is 7.98. The molecule has 206 valence electrons. The Morgan fingerprint density at radius 1 is 0.923 bits per heavy atom. The quantitative estimate of drug-likeness (QED) is 0.285. The van der Waals surface area contributed by atoms with Gasteiger partial charge in [-0.15, -0.1) is 0 Å². The first-order chi connectivity index (χ1) is 18.8. The van der Waals surface area contributed by atoms with E-state index in [1.165, 1.54) is 6.42 Å². The Hall–Kier alpha value is -3.02. The molecule has 7 heteroatoms. The highest BCUT2D eigenvalue weighted by molar-refractivity contribution is 6.42. The lowest BCUT2D eigenvalue weighted by atomic mass is 9.94. The summed E-state index contributed by atoms with van der Waals surface area (Å²) in [6.45, 7) is 3.98. The maximum atomic E-state index is 13.8. The van der Waals surface area contributed by atoms with Crippen LogP contribution < -0.4 is 10.1 Å². The maximum absolute atomic E-state index is 13.8. The third-order valence-electron chi connectivity index (χ3n) is 7.24. The molecule has 39 heavy (non-hydrogen) atoms. The van der Waals surface area contributed by atoms with Gasteiger partial charge < -0.3 is 15.0 Å². The first-order valence-corrected chi connectivity index (χ1v) is 14.3. The molecule has 5 nitrogen and oxygen atoms in total. The fourth-order valence-corrected chi connectivity index (χ4v) is 5.44. The van der Waals surface area contributed by atoms with Crippen LogP contribution in [0.3, 0.4) is 0 Å². The van der Waals surface area contributed by atoms with Crippen molar-refractivity contribution < 1.29 is 14.3 Å². The molecule has 0 aromatic heterocycles. The van der Waals surface area contributed by atoms with Gasteiger partial charge in [0.2, 0.25) is 5.91 Å². The Balaban J connectivity index is 1.63. The monoisotopic (exact) mass is 566 g/mol. The number of rotatable bonds is 10. The number of hydrogen-bond acceptors (Lipinski definition) is 3. The van der Waals surface area contributed by atoms with E-state index in [-0.39, 0.29) is 31.0 Å². The highest BCUT2D eigenvalue weighted by Gasteiger charge is 2.32. The fraction of sp³-hybridized carbons (Fsp3) is 0.375. The summed E-state index contributed by atoms with van der Waals surface area (Å²) in [4.78, 5) is 29.3. The number of halogens is 2. The average molecular weight is 568 g/mol. The van der Waals surface area contributed by atoms with Crippen molar-refractivity contribution in [2.24, 2.45) is 0 Å². The number of amides is 2. The highest BCUT2D eigenvalue weighted by Crippen LogP contribution is 2.25. The fourth-order valence-electron chi connectivity index (χ4n) is 5.12. The molecule has 1 aliphatic carbocycles. The molecule has 1 fully saturated rings. The van der Waals surface area contributed by atoms with Gasteiger partial charge in [-0.1, -0.05) is 96.6 Å². The van der Waals surface area contributed by atoms with Crippen molar-refractivity contribution >= 4 is 35.0 Å². The molecule has 0 heterocycles.